The Kier molecular flexibility index (Phi) is 3.47. The maximum atomic E-state index is 5.89. The zero-order valence-electron chi connectivity index (χ0n) is 15.5. The number of hydrogen-bond donors (Lipinski definition) is 0. The van der Waals surface area contributed by atoms with Gasteiger partial charge >= 0.3 is 0 Å². The average molecular weight is 372 g/mol. The molecular formula is C26H16N2O. The Bertz CT molecular complexity index is 1480. The summed E-state index contributed by atoms with van der Waals surface area (Å²) in [6.45, 7) is 0. The van der Waals surface area contributed by atoms with E-state index < -0.39 is 0 Å². The Balaban J connectivity index is 1.47. The molecule has 136 valence electrons. The van der Waals surface area contributed by atoms with Gasteiger partial charge in [0.1, 0.15) is 11.2 Å². The van der Waals surface area contributed by atoms with E-state index in [2.05, 4.69) is 59.6 Å². The quantitative estimate of drug-likeness (QED) is 0.312. The van der Waals surface area contributed by atoms with Crippen molar-refractivity contribution >= 4 is 32.6 Å². The summed E-state index contributed by atoms with van der Waals surface area (Å²) in [6, 6.07) is 33.0. The molecule has 0 radical (unpaired) electrons. The molecule has 3 nitrogen and oxygen atoms in total. The summed E-state index contributed by atoms with van der Waals surface area (Å²) in [7, 11) is 0. The summed E-state index contributed by atoms with van der Waals surface area (Å²) in [5.41, 5.74) is 4.32. The van der Waals surface area contributed by atoms with Crippen molar-refractivity contribution in [3.8, 4) is 22.8 Å². The van der Waals surface area contributed by atoms with Crippen molar-refractivity contribution in [3.63, 3.8) is 0 Å². The van der Waals surface area contributed by atoms with Crippen LogP contribution in [0.4, 0.5) is 0 Å². The highest BCUT2D eigenvalue weighted by atomic mass is 16.3. The van der Waals surface area contributed by atoms with Crippen LogP contribution in [0.5, 0.6) is 0 Å². The molecule has 0 aliphatic rings. The van der Waals surface area contributed by atoms with Crippen LogP contribution in [0.15, 0.2) is 101 Å². The van der Waals surface area contributed by atoms with E-state index in [1.807, 2.05) is 42.5 Å². The molecule has 2 aromatic heterocycles. The van der Waals surface area contributed by atoms with E-state index in [4.69, 9.17) is 9.40 Å². The van der Waals surface area contributed by atoms with E-state index in [1.54, 1.807) is 0 Å². The zero-order chi connectivity index (χ0) is 19.2. The maximum absolute atomic E-state index is 5.89. The fourth-order valence-corrected chi connectivity index (χ4v) is 3.87. The van der Waals surface area contributed by atoms with E-state index in [1.165, 1.54) is 21.5 Å². The van der Waals surface area contributed by atoms with Crippen LogP contribution in [-0.2, 0) is 0 Å². The van der Waals surface area contributed by atoms with Gasteiger partial charge in [0.2, 0.25) is 5.89 Å². The molecule has 29 heavy (non-hydrogen) atoms. The second-order valence-electron chi connectivity index (χ2n) is 7.12. The number of hydrogen-bond acceptors (Lipinski definition) is 3. The van der Waals surface area contributed by atoms with Gasteiger partial charge in [0, 0.05) is 5.56 Å². The lowest BCUT2D eigenvalue weighted by atomic mass is 9.99. The monoisotopic (exact) mass is 372 g/mol. The van der Waals surface area contributed by atoms with Gasteiger partial charge < -0.3 is 4.42 Å². The van der Waals surface area contributed by atoms with Crippen LogP contribution in [0.25, 0.3) is 55.5 Å². The molecule has 0 saturated carbocycles. The summed E-state index contributed by atoms with van der Waals surface area (Å²) in [5.74, 6) is 0.542. The first kappa shape index (κ1) is 16.0. The van der Waals surface area contributed by atoms with E-state index in [0.717, 1.165) is 28.1 Å². The van der Waals surface area contributed by atoms with Gasteiger partial charge in [-0.3, -0.25) is 0 Å². The fourth-order valence-electron chi connectivity index (χ4n) is 3.87. The molecule has 3 heteroatoms. The number of para-hydroxylation sites is 2. The van der Waals surface area contributed by atoms with Crippen molar-refractivity contribution in [3.05, 3.63) is 97.1 Å². The molecule has 0 N–H and O–H groups in total. The predicted molar refractivity (Wildman–Crippen MR) is 118 cm³/mol. The zero-order valence-corrected chi connectivity index (χ0v) is 15.5. The number of fused-ring (bicyclic) bond motifs is 4. The molecule has 0 atom stereocenters. The van der Waals surface area contributed by atoms with Crippen molar-refractivity contribution in [2.24, 2.45) is 0 Å². The first-order chi connectivity index (χ1) is 14.3. The summed E-state index contributed by atoms with van der Waals surface area (Å²) in [6.07, 6.45) is 0. The highest BCUT2D eigenvalue weighted by Crippen LogP contribution is 2.30. The average Bonchev–Trinajstić information content (AvgIpc) is 3.23. The third kappa shape index (κ3) is 2.67. The van der Waals surface area contributed by atoms with Gasteiger partial charge in [-0.2, -0.15) is 0 Å². The molecule has 0 unspecified atom stereocenters. The van der Waals surface area contributed by atoms with Gasteiger partial charge in [-0.1, -0.05) is 66.7 Å². The standard InChI is InChI=1S/C26H16N2O/c1-2-7-20-17(6-1)12-13-18-16-19(14-15-21(18)20)22-9-5-10-24(27-22)26-28-23-8-3-4-11-25(23)29-26/h1-16H. The Hall–Kier alpha value is -3.98. The molecule has 0 aliphatic carbocycles. The van der Waals surface area contributed by atoms with Gasteiger partial charge in [0.05, 0.1) is 5.69 Å². The Morgan fingerprint density at radius 1 is 0.552 bits per heavy atom. The number of aromatic nitrogens is 2. The molecule has 0 amide bonds. The molecule has 0 aliphatic heterocycles. The SMILES string of the molecule is c1cc(-c2ccc3c(ccc4ccccc43)c2)nc(-c2nc3ccccc3o2)c1. The second kappa shape index (κ2) is 6.28. The lowest BCUT2D eigenvalue weighted by molar-refractivity contribution is 0.617. The topological polar surface area (TPSA) is 38.9 Å². The number of pyridine rings is 1. The van der Waals surface area contributed by atoms with Gasteiger partial charge in [0.25, 0.3) is 0 Å². The third-order valence-corrected chi connectivity index (χ3v) is 5.30. The molecule has 6 aromatic rings. The van der Waals surface area contributed by atoms with Crippen LogP contribution < -0.4 is 0 Å². The van der Waals surface area contributed by atoms with Gasteiger partial charge in [0.15, 0.2) is 5.58 Å². The summed E-state index contributed by atoms with van der Waals surface area (Å²) >= 11 is 0. The van der Waals surface area contributed by atoms with Gasteiger partial charge in [-0.15, -0.1) is 0 Å². The Morgan fingerprint density at radius 2 is 1.34 bits per heavy atom. The second-order valence-corrected chi connectivity index (χ2v) is 7.12. The normalized spacial score (nSPS) is 11.4. The van der Waals surface area contributed by atoms with Crippen LogP contribution in [0, 0.1) is 0 Å². The summed E-state index contributed by atoms with van der Waals surface area (Å²) in [5, 5.41) is 4.98. The van der Waals surface area contributed by atoms with Crippen LogP contribution in [0.2, 0.25) is 0 Å². The highest BCUT2D eigenvalue weighted by Gasteiger charge is 2.11. The largest absolute Gasteiger partial charge is 0.435 e. The number of oxazole rings is 1. The lowest BCUT2D eigenvalue weighted by Crippen LogP contribution is -1.88. The molecule has 6 rings (SSSR count). The van der Waals surface area contributed by atoms with Gasteiger partial charge in [-0.25, -0.2) is 9.97 Å². The van der Waals surface area contributed by atoms with Crippen LogP contribution in [0.1, 0.15) is 0 Å². The van der Waals surface area contributed by atoms with Crippen LogP contribution >= 0.6 is 0 Å². The molecule has 2 heterocycles. The van der Waals surface area contributed by atoms with E-state index in [-0.39, 0.29) is 0 Å². The van der Waals surface area contributed by atoms with Gasteiger partial charge in [-0.05, 0) is 51.9 Å². The van der Waals surface area contributed by atoms with E-state index in [0.29, 0.717) is 5.89 Å². The fraction of sp³-hybridized carbons (Fsp3) is 0. The molecule has 0 bridgehead atoms. The van der Waals surface area contributed by atoms with Crippen molar-refractivity contribution < 1.29 is 4.42 Å². The molecule has 4 aromatic carbocycles. The minimum absolute atomic E-state index is 0.542. The number of nitrogens with zero attached hydrogens (tertiary/aromatic N) is 2. The lowest BCUT2D eigenvalue weighted by Gasteiger charge is -2.07. The van der Waals surface area contributed by atoms with E-state index in [9.17, 15) is 0 Å². The Morgan fingerprint density at radius 3 is 2.31 bits per heavy atom. The minimum Gasteiger partial charge on any atom is -0.435 e. The first-order valence-electron chi connectivity index (χ1n) is 9.60. The van der Waals surface area contributed by atoms with Crippen LogP contribution in [-0.4, -0.2) is 9.97 Å². The van der Waals surface area contributed by atoms with Crippen molar-refractivity contribution in [2.75, 3.05) is 0 Å². The molecular weight excluding hydrogens is 356 g/mol. The molecule has 0 saturated heterocycles. The molecule has 0 fully saturated rings. The van der Waals surface area contributed by atoms with Crippen molar-refractivity contribution in [2.45, 2.75) is 0 Å². The highest BCUT2D eigenvalue weighted by molar-refractivity contribution is 6.08. The summed E-state index contributed by atoms with van der Waals surface area (Å²) in [4.78, 5) is 9.39. The third-order valence-electron chi connectivity index (χ3n) is 5.30. The predicted octanol–water partition coefficient (Wildman–Crippen LogP) is 6.86. The minimum atomic E-state index is 0.542. The summed E-state index contributed by atoms with van der Waals surface area (Å²) < 4.78 is 5.89. The number of benzene rings is 4. The number of rotatable bonds is 2. The smallest absolute Gasteiger partial charge is 0.246 e. The van der Waals surface area contributed by atoms with Crippen LogP contribution in [0.3, 0.4) is 0 Å². The molecule has 0 spiro atoms. The Labute approximate surface area is 167 Å². The first-order valence-corrected chi connectivity index (χ1v) is 9.60. The maximum Gasteiger partial charge on any atom is 0.246 e. The van der Waals surface area contributed by atoms with Crippen molar-refractivity contribution in [1.82, 2.24) is 9.97 Å². The van der Waals surface area contributed by atoms with E-state index >= 15 is 0 Å². The van der Waals surface area contributed by atoms with Crippen molar-refractivity contribution in [1.29, 1.82) is 0 Å².